The maximum absolute atomic E-state index is 5.60. The van der Waals surface area contributed by atoms with E-state index in [2.05, 4.69) is 33.9 Å². The van der Waals surface area contributed by atoms with E-state index in [0.29, 0.717) is 18.6 Å². The van der Waals surface area contributed by atoms with Gasteiger partial charge in [0, 0.05) is 13.1 Å². The first kappa shape index (κ1) is 12.5. The molecule has 0 bridgehead atoms. The number of hydrogen-bond donors (Lipinski definition) is 1. The van der Waals surface area contributed by atoms with Crippen molar-refractivity contribution in [3.63, 3.8) is 0 Å². The summed E-state index contributed by atoms with van der Waals surface area (Å²) in [5, 5.41) is 12.0. The lowest BCUT2D eigenvalue weighted by atomic mass is 10.0. The van der Waals surface area contributed by atoms with E-state index in [1.165, 1.54) is 0 Å². The van der Waals surface area contributed by atoms with E-state index >= 15 is 0 Å². The summed E-state index contributed by atoms with van der Waals surface area (Å²) in [6, 6.07) is 0.309. The molecule has 5 heteroatoms. The number of nitrogens with one attached hydrogen (secondary N) is 1. The summed E-state index contributed by atoms with van der Waals surface area (Å²) in [4.78, 5) is 0. The first-order valence-corrected chi connectivity index (χ1v) is 6.36. The second-order valence-corrected chi connectivity index (χ2v) is 5.16. The fourth-order valence-electron chi connectivity index (χ4n) is 2.13. The van der Waals surface area contributed by atoms with Crippen LogP contribution in [0.15, 0.2) is 0 Å². The molecule has 0 spiro atoms. The third kappa shape index (κ3) is 2.66. The molecule has 0 amide bonds. The van der Waals surface area contributed by atoms with Crippen LogP contribution in [0.5, 0.6) is 0 Å². The highest BCUT2D eigenvalue weighted by molar-refractivity contribution is 5.05. The Labute approximate surface area is 103 Å². The molecule has 96 valence electrons. The zero-order valence-corrected chi connectivity index (χ0v) is 11.1. The predicted octanol–water partition coefficient (Wildman–Crippen LogP) is 1.50. The highest BCUT2D eigenvalue weighted by Crippen LogP contribution is 2.23. The van der Waals surface area contributed by atoms with E-state index in [9.17, 15) is 0 Å². The van der Waals surface area contributed by atoms with Crippen molar-refractivity contribution < 1.29 is 4.74 Å². The summed E-state index contributed by atoms with van der Waals surface area (Å²) in [7, 11) is 0. The Kier molecular flexibility index (Phi) is 3.79. The lowest BCUT2D eigenvalue weighted by Crippen LogP contribution is -2.37. The van der Waals surface area contributed by atoms with E-state index in [1.807, 2.05) is 13.8 Å². The lowest BCUT2D eigenvalue weighted by Gasteiger charge is -2.27. The van der Waals surface area contributed by atoms with Crippen LogP contribution in [-0.4, -0.2) is 27.4 Å². The SMILES string of the molecule is CC(C)OCc1nnc2n1CCNC2C(C)C. The lowest BCUT2D eigenvalue weighted by molar-refractivity contribution is 0.0587. The minimum absolute atomic E-state index is 0.227. The van der Waals surface area contributed by atoms with Crippen LogP contribution in [0.3, 0.4) is 0 Å². The molecule has 0 saturated carbocycles. The van der Waals surface area contributed by atoms with Crippen molar-refractivity contribution in [2.45, 2.75) is 53.0 Å². The molecule has 0 aliphatic carbocycles. The molecule has 0 aromatic carbocycles. The number of nitrogens with zero attached hydrogens (tertiary/aromatic N) is 3. The van der Waals surface area contributed by atoms with Crippen LogP contribution in [0.4, 0.5) is 0 Å². The third-order valence-corrected chi connectivity index (χ3v) is 3.05. The number of rotatable bonds is 4. The summed E-state index contributed by atoms with van der Waals surface area (Å²) in [6.07, 6.45) is 0.227. The maximum Gasteiger partial charge on any atom is 0.159 e. The Bertz CT molecular complexity index is 373. The standard InChI is InChI=1S/C12H22N4O/c1-8(2)11-12-15-14-10(7-17-9(3)4)16(12)6-5-13-11/h8-9,11,13H,5-7H2,1-4H3. The van der Waals surface area contributed by atoms with Gasteiger partial charge in [-0.3, -0.25) is 0 Å². The van der Waals surface area contributed by atoms with Gasteiger partial charge < -0.3 is 14.6 Å². The van der Waals surface area contributed by atoms with Gasteiger partial charge >= 0.3 is 0 Å². The molecule has 1 aromatic heterocycles. The topological polar surface area (TPSA) is 52.0 Å². The summed E-state index contributed by atoms with van der Waals surface area (Å²) in [6.45, 7) is 10.9. The normalized spacial score (nSPS) is 20.0. The van der Waals surface area contributed by atoms with Crippen molar-refractivity contribution in [1.29, 1.82) is 0 Å². The van der Waals surface area contributed by atoms with Gasteiger partial charge in [0.15, 0.2) is 11.6 Å². The molecular formula is C12H22N4O. The first-order chi connectivity index (χ1) is 8.09. The molecule has 1 atom stereocenters. The molecule has 0 saturated heterocycles. The van der Waals surface area contributed by atoms with Gasteiger partial charge in [-0.25, -0.2) is 0 Å². The van der Waals surface area contributed by atoms with Gasteiger partial charge in [-0.1, -0.05) is 13.8 Å². The highest BCUT2D eigenvalue weighted by Gasteiger charge is 2.26. The zero-order chi connectivity index (χ0) is 12.4. The number of ether oxygens (including phenoxy) is 1. The van der Waals surface area contributed by atoms with E-state index in [-0.39, 0.29) is 6.10 Å². The van der Waals surface area contributed by atoms with Crippen LogP contribution in [0.2, 0.25) is 0 Å². The van der Waals surface area contributed by atoms with Crippen molar-refractivity contribution in [3.8, 4) is 0 Å². The molecule has 1 aliphatic heterocycles. The number of hydrogen-bond acceptors (Lipinski definition) is 4. The third-order valence-electron chi connectivity index (χ3n) is 3.05. The average molecular weight is 238 g/mol. The second kappa shape index (κ2) is 5.14. The molecule has 5 nitrogen and oxygen atoms in total. The zero-order valence-electron chi connectivity index (χ0n) is 11.1. The quantitative estimate of drug-likeness (QED) is 0.863. The minimum atomic E-state index is 0.227. The number of aromatic nitrogens is 3. The molecule has 1 unspecified atom stereocenters. The van der Waals surface area contributed by atoms with Crippen molar-refractivity contribution in [1.82, 2.24) is 20.1 Å². The van der Waals surface area contributed by atoms with E-state index in [1.54, 1.807) is 0 Å². The molecule has 1 aromatic rings. The first-order valence-electron chi connectivity index (χ1n) is 6.36. The van der Waals surface area contributed by atoms with Gasteiger partial charge in [0.25, 0.3) is 0 Å². The predicted molar refractivity (Wildman–Crippen MR) is 65.5 cm³/mol. The van der Waals surface area contributed by atoms with Crippen molar-refractivity contribution >= 4 is 0 Å². The molecule has 2 heterocycles. The summed E-state index contributed by atoms with van der Waals surface area (Å²) in [5.41, 5.74) is 0. The monoisotopic (exact) mass is 238 g/mol. The van der Waals surface area contributed by atoms with Crippen LogP contribution in [-0.2, 0) is 17.9 Å². The smallest absolute Gasteiger partial charge is 0.159 e. The molecule has 1 aliphatic rings. The van der Waals surface area contributed by atoms with Gasteiger partial charge in [0.05, 0.1) is 12.1 Å². The summed E-state index contributed by atoms with van der Waals surface area (Å²) in [5.74, 6) is 2.52. The molecule has 2 rings (SSSR count). The fraction of sp³-hybridized carbons (Fsp3) is 0.833. The summed E-state index contributed by atoms with van der Waals surface area (Å²) < 4.78 is 7.80. The van der Waals surface area contributed by atoms with Crippen LogP contribution >= 0.6 is 0 Å². The van der Waals surface area contributed by atoms with Crippen molar-refractivity contribution in [2.75, 3.05) is 6.54 Å². The minimum Gasteiger partial charge on any atom is -0.371 e. The van der Waals surface area contributed by atoms with Crippen molar-refractivity contribution in [2.24, 2.45) is 5.92 Å². The Morgan fingerprint density at radius 1 is 1.35 bits per heavy atom. The molecule has 0 fully saturated rings. The Morgan fingerprint density at radius 3 is 2.76 bits per heavy atom. The number of fused-ring (bicyclic) bond motifs is 1. The van der Waals surface area contributed by atoms with Gasteiger partial charge in [0.2, 0.25) is 0 Å². The second-order valence-electron chi connectivity index (χ2n) is 5.16. The van der Waals surface area contributed by atoms with E-state index in [0.717, 1.165) is 24.7 Å². The van der Waals surface area contributed by atoms with E-state index in [4.69, 9.17) is 4.74 Å². The van der Waals surface area contributed by atoms with Gasteiger partial charge in [-0.15, -0.1) is 10.2 Å². The Balaban J connectivity index is 2.16. The average Bonchev–Trinajstić information content (AvgIpc) is 2.68. The highest BCUT2D eigenvalue weighted by atomic mass is 16.5. The maximum atomic E-state index is 5.60. The summed E-state index contributed by atoms with van der Waals surface area (Å²) >= 11 is 0. The molecular weight excluding hydrogens is 216 g/mol. The van der Waals surface area contributed by atoms with Crippen molar-refractivity contribution in [3.05, 3.63) is 11.6 Å². The molecule has 17 heavy (non-hydrogen) atoms. The molecule has 1 N–H and O–H groups in total. The van der Waals surface area contributed by atoms with E-state index < -0.39 is 0 Å². The van der Waals surface area contributed by atoms with Gasteiger partial charge in [-0.2, -0.15) is 0 Å². The largest absolute Gasteiger partial charge is 0.371 e. The Hall–Kier alpha value is -0.940. The molecule has 0 radical (unpaired) electrons. The van der Waals surface area contributed by atoms with Crippen LogP contribution in [0.1, 0.15) is 45.4 Å². The Morgan fingerprint density at radius 2 is 2.12 bits per heavy atom. The van der Waals surface area contributed by atoms with Crippen LogP contribution in [0.25, 0.3) is 0 Å². The fourth-order valence-corrected chi connectivity index (χ4v) is 2.13. The van der Waals surface area contributed by atoms with Crippen LogP contribution < -0.4 is 5.32 Å². The van der Waals surface area contributed by atoms with Crippen LogP contribution in [0, 0.1) is 5.92 Å². The van der Waals surface area contributed by atoms with Gasteiger partial charge in [0.1, 0.15) is 6.61 Å². The van der Waals surface area contributed by atoms with Gasteiger partial charge in [-0.05, 0) is 19.8 Å².